The second-order valence-corrected chi connectivity index (χ2v) is 8.29. The molecule has 1 aromatic rings. The molecular formula is C22H30N2O4. The Hall–Kier alpha value is -2.08. The van der Waals surface area contributed by atoms with E-state index in [0.717, 1.165) is 56.4 Å². The number of piperidine rings is 1. The van der Waals surface area contributed by atoms with Crippen molar-refractivity contribution in [3.05, 3.63) is 29.8 Å². The molecule has 0 radical (unpaired) electrons. The van der Waals surface area contributed by atoms with Crippen LogP contribution in [0.1, 0.15) is 44.1 Å². The highest BCUT2D eigenvalue weighted by atomic mass is 16.5. The van der Waals surface area contributed by atoms with Gasteiger partial charge in [0.05, 0.1) is 19.1 Å². The molecule has 1 atom stereocenters. The van der Waals surface area contributed by atoms with Gasteiger partial charge in [-0.2, -0.15) is 0 Å². The van der Waals surface area contributed by atoms with E-state index in [-0.39, 0.29) is 11.8 Å². The molecular weight excluding hydrogens is 356 g/mol. The van der Waals surface area contributed by atoms with Crippen LogP contribution in [0.2, 0.25) is 0 Å². The number of likely N-dealkylation sites (tertiary alicyclic amines) is 2. The number of nitrogens with zero attached hydrogens (tertiary/aromatic N) is 2. The highest BCUT2D eigenvalue weighted by Crippen LogP contribution is 2.52. The van der Waals surface area contributed by atoms with E-state index in [1.165, 1.54) is 0 Å². The minimum absolute atomic E-state index is 0.118. The predicted molar refractivity (Wildman–Crippen MR) is 105 cm³/mol. The van der Waals surface area contributed by atoms with Gasteiger partial charge in [-0.3, -0.25) is 9.59 Å². The first-order valence-corrected chi connectivity index (χ1v) is 10.3. The molecule has 1 aliphatic carbocycles. The van der Waals surface area contributed by atoms with E-state index in [1.54, 1.807) is 14.2 Å². The van der Waals surface area contributed by atoms with Crippen LogP contribution in [0.4, 0.5) is 0 Å². The fraction of sp³-hybridized carbons (Fsp3) is 0.636. The van der Waals surface area contributed by atoms with Gasteiger partial charge >= 0.3 is 0 Å². The largest absolute Gasteiger partial charge is 0.497 e. The van der Waals surface area contributed by atoms with Crippen LogP contribution in [0.3, 0.4) is 0 Å². The standard InChI is InChI=1S/C22H30N2O4/c1-27-16-15-23-13-3-9-22(20(23)26)10-4-14-24(22)19(25)21(11-12-21)17-5-7-18(28-2)8-6-17/h5-8H,3-4,9-16H2,1-2H3. The summed E-state index contributed by atoms with van der Waals surface area (Å²) in [7, 11) is 3.30. The molecule has 2 saturated heterocycles. The van der Waals surface area contributed by atoms with Crippen molar-refractivity contribution in [3.63, 3.8) is 0 Å². The number of benzene rings is 1. The predicted octanol–water partition coefficient (Wildman–Crippen LogP) is 2.36. The van der Waals surface area contributed by atoms with Gasteiger partial charge in [-0.05, 0) is 56.2 Å². The van der Waals surface area contributed by atoms with Crippen molar-refractivity contribution >= 4 is 11.8 Å². The number of amides is 2. The van der Waals surface area contributed by atoms with Crippen molar-refractivity contribution in [2.75, 3.05) is 40.5 Å². The third-order valence-corrected chi connectivity index (χ3v) is 6.80. The first kappa shape index (κ1) is 19.2. The third-order valence-electron chi connectivity index (χ3n) is 6.80. The zero-order valence-corrected chi connectivity index (χ0v) is 16.9. The van der Waals surface area contributed by atoms with Gasteiger partial charge < -0.3 is 19.3 Å². The maximum Gasteiger partial charge on any atom is 0.248 e. The quantitative estimate of drug-likeness (QED) is 0.753. The number of carbonyl (C=O) groups excluding carboxylic acids is 2. The monoisotopic (exact) mass is 386 g/mol. The smallest absolute Gasteiger partial charge is 0.248 e. The maximum absolute atomic E-state index is 13.7. The van der Waals surface area contributed by atoms with Crippen LogP contribution >= 0.6 is 0 Å². The van der Waals surface area contributed by atoms with Gasteiger partial charge in [0.2, 0.25) is 11.8 Å². The van der Waals surface area contributed by atoms with Crippen LogP contribution in [0.25, 0.3) is 0 Å². The highest BCUT2D eigenvalue weighted by molar-refractivity contribution is 5.98. The van der Waals surface area contributed by atoms with E-state index in [2.05, 4.69) is 0 Å². The molecule has 0 bridgehead atoms. The van der Waals surface area contributed by atoms with E-state index < -0.39 is 11.0 Å². The minimum Gasteiger partial charge on any atom is -0.497 e. The Morgan fingerprint density at radius 1 is 1.04 bits per heavy atom. The Morgan fingerprint density at radius 2 is 1.71 bits per heavy atom. The number of ether oxygens (including phenoxy) is 2. The van der Waals surface area contributed by atoms with Crippen molar-refractivity contribution in [3.8, 4) is 5.75 Å². The molecule has 4 rings (SSSR count). The van der Waals surface area contributed by atoms with Gasteiger partial charge in [-0.15, -0.1) is 0 Å². The molecule has 1 aromatic carbocycles. The van der Waals surface area contributed by atoms with E-state index >= 15 is 0 Å². The molecule has 6 nitrogen and oxygen atoms in total. The highest BCUT2D eigenvalue weighted by Gasteiger charge is 2.60. The summed E-state index contributed by atoms with van der Waals surface area (Å²) in [6, 6.07) is 7.83. The molecule has 3 aliphatic rings. The molecule has 1 saturated carbocycles. The van der Waals surface area contributed by atoms with E-state index in [9.17, 15) is 9.59 Å². The molecule has 152 valence electrons. The Balaban J connectivity index is 1.59. The van der Waals surface area contributed by atoms with Crippen LogP contribution in [-0.2, 0) is 19.7 Å². The summed E-state index contributed by atoms with van der Waals surface area (Å²) < 4.78 is 10.4. The van der Waals surface area contributed by atoms with Gasteiger partial charge in [0.25, 0.3) is 0 Å². The SMILES string of the molecule is COCCN1CCCC2(CCCN2C(=O)C2(c3ccc(OC)cc3)CC2)C1=O. The average molecular weight is 386 g/mol. The summed E-state index contributed by atoms with van der Waals surface area (Å²) in [6.07, 6.45) is 5.10. The second kappa shape index (κ2) is 7.39. The van der Waals surface area contributed by atoms with Crippen molar-refractivity contribution in [2.24, 2.45) is 0 Å². The lowest BCUT2D eigenvalue weighted by Gasteiger charge is -2.45. The maximum atomic E-state index is 13.7. The first-order valence-electron chi connectivity index (χ1n) is 10.3. The molecule has 28 heavy (non-hydrogen) atoms. The van der Waals surface area contributed by atoms with E-state index in [4.69, 9.17) is 9.47 Å². The fourth-order valence-electron chi connectivity index (χ4n) is 5.06. The van der Waals surface area contributed by atoms with Crippen LogP contribution in [0, 0.1) is 0 Å². The summed E-state index contributed by atoms with van der Waals surface area (Å²) in [6.45, 7) is 2.57. The van der Waals surface area contributed by atoms with Crippen LogP contribution < -0.4 is 4.74 Å². The average Bonchev–Trinajstić information content (AvgIpc) is 3.44. The van der Waals surface area contributed by atoms with Crippen molar-refractivity contribution in [1.29, 1.82) is 0 Å². The Kier molecular flexibility index (Phi) is 5.08. The van der Waals surface area contributed by atoms with Gasteiger partial charge in [0.1, 0.15) is 11.3 Å². The number of carbonyl (C=O) groups is 2. The van der Waals surface area contributed by atoms with Gasteiger partial charge in [0.15, 0.2) is 0 Å². The lowest BCUT2D eigenvalue weighted by molar-refractivity contribution is -0.157. The first-order chi connectivity index (χ1) is 13.6. The molecule has 0 N–H and O–H groups in total. The normalized spacial score (nSPS) is 26.0. The van der Waals surface area contributed by atoms with Crippen molar-refractivity contribution < 1.29 is 19.1 Å². The van der Waals surface area contributed by atoms with E-state index in [1.807, 2.05) is 34.1 Å². The topological polar surface area (TPSA) is 59.1 Å². The molecule has 1 unspecified atom stereocenters. The summed E-state index contributed by atoms with van der Waals surface area (Å²) >= 11 is 0. The minimum atomic E-state index is -0.648. The van der Waals surface area contributed by atoms with E-state index in [0.29, 0.717) is 19.7 Å². The fourth-order valence-corrected chi connectivity index (χ4v) is 5.06. The third kappa shape index (κ3) is 2.98. The molecule has 3 fully saturated rings. The number of hydrogen-bond donors (Lipinski definition) is 0. The summed E-state index contributed by atoms with van der Waals surface area (Å²) in [5, 5.41) is 0. The van der Waals surface area contributed by atoms with Crippen LogP contribution in [0.5, 0.6) is 5.75 Å². The van der Waals surface area contributed by atoms with Crippen molar-refractivity contribution in [2.45, 2.75) is 49.5 Å². The number of methoxy groups -OCH3 is 2. The number of hydrogen-bond acceptors (Lipinski definition) is 4. The molecule has 6 heteroatoms. The summed E-state index contributed by atoms with van der Waals surface area (Å²) in [5.41, 5.74) is -0.0658. The lowest BCUT2D eigenvalue weighted by Crippen LogP contribution is -2.63. The van der Waals surface area contributed by atoms with Gasteiger partial charge in [-0.1, -0.05) is 12.1 Å². The summed E-state index contributed by atoms with van der Waals surface area (Å²) in [5.74, 6) is 1.05. The second-order valence-electron chi connectivity index (χ2n) is 8.29. The zero-order chi connectivity index (χ0) is 19.8. The Labute approximate surface area is 166 Å². The Bertz CT molecular complexity index is 743. The molecule has 2 heterocycles. The summed E-state index contributed by atoms with van der Waals surface area (Å²) in [4.78, 5) is 31.0. The number of rotatable bonds is 6. The zero-order valence-electron chi connectivity index (χ0n) is 16.9. The Morgan fingerprint density at radius 3 is 2.32 bits per heavy atom. The molecule has 2 amide bonds. The molecule has 0 aromatic heterocycles. The molecule has 1 spiro atoms. The van der Waals surface area contributed by atoms with Gasteiger partial charge in [-0.25, -0.2) is 0 Å². The molecule has 2 aliphatic heterocycles. The lowest BCUT2D eigenvalue weighted by atomic mass is 9.83. The van der Waals surface area contributed by atoms with Crippen LogP contribution in [0.15, 0.2) is 24.3 Å². The van der Waals surface area contributed by atoms with Crippen molar-refractivity contribution in [1.82, 2.24) is 9.80 Å². The van der Waals surface area contributed by atoms with Crippen LogP contribution in [-0.4, -0.2) is 67.6 Å². The van der Waals surface area contributed by atoms with Gasteiger partial charge in [0, 0.05) is 26.7 Å².